The second-order valence-electron chi connectivity index (χ2n) is 8.78. The van der Waals surface area contributed by atoms with Crippen LogP contribution in [0.25, 0.3) is 0 Å². The molecule has 3 atom stereocenters. The van der Waals surface area contributed by atoms with Gasteiger partial charge in [0.1, 0.15) is 0 Å². The van der Waals surface area contributed by atoms with E-state index < -0.39 is 0 Å². The molecule has 0 unspecified atom stereocenters. The number of amides is 2. The Kier molecular flexibility index (Phi) is 5.30. The first-order chi connectivity index (χ1) is 12.2. The maximum atomic E-state index is 12.3. The van der Waals surface area contributed by atoms with Crippen LogP contribution in [0.5, 0.6) is 0 Å². The Morgan fingerprint density at radius 2 is 1.76 bits per heavy atom. The summed E-state index contributed by atoms with van der Waals surface area (Å²) in [5.41, 5.74) is 0. The van der Waals surface area contributed by atoms with E-state index in [2.05, 4.69) is 10.2 Å². The van der Waals surface area contributed by atoms with Crippen LogP contribution in [0.15, 0.2) is 0 Å². The molecule has 0 aromatic rings. The summed E-state index contributed by atoms with van der Waals surface area (Å²) in [5.74, 6) is 3.34. The molecule has 1 heterocycles. The van der Waals surface area contributed by atoms with Gasteiger partial charge in [0.25, 0.3) is 0 Å². The molecule has 1 saturated heterocycles. The van der Waals surface area contributed by atoms with Crippen LogP contribution in [0, 0.1) is 23.7 Å². The van der Waals surface area contributed by atoms with Gasteiger partial charge in [-0.2, -0.15) is 0 Å². The van der Waals surface area contributed by atoms with E-state index in [0.717, 1.165) is 70.4 Å². The van der Waals surface area contributed by atoms with E-state index >= 15 is 0 Å². The lowest BCUT2D eigenvalue weighted by Gasteiger charge is -2.38. The Bertz CT molecular complexity index is 497. The summed E-state index contributed by atoms with van der Waals surface area (Å²) in [6, 6.07) is 0. The quantitative estimate of drug-likeness (QED) is 0.798. The van der Waals surface area contributed by atoms with E-state index in [0.29, 0.717) is 17.7 Å². The van der Waals surface area contributed by atoms with E-state index in [1.165, 1.54) is 32.1 Å². The average molecular weight is 348 g/mol. The molecular formula is C20H33N3O2. The van der Waals surface area contributed by atoms with E-state index in [-0.39, 0.29) is 5.91 Å². The molecule has 140 valence electrons. The van der Waals surface area contributed by atoms with Crippen LogP contribution in [0.3, 0.4) is 0 Å². The van der Waals surface area contributed by atoms with Crippen molar-refractivity contribution < 1.29 is 9.59 Å². The van der Waals surface area contributed by atoms with E-state index in [1.54, 1.807) is 0 Å². The number of fused-ring (bicyclic) bond motifs is 2. The minimum absolute atomic E-state index is 0.247. The molecule has 4 rings (SSSR count). The average Bonchev–Trinajstić information content (AvgIpc) is 3.16. The van der Waals surface area contributed by atoms with Gasteiger partial charge in [0.15, 0.2) is 0 Å². The van der Waals surface area contributed by atoms with Crippen molar-refractivity contribution in [2.24, 2.45) is 23.7 Å². The first-order valence-electron chi connectivity index (χ1n) is 10.5. The summed E-state index contributed by atoms with van der Waals surface area (Å²) in [7, 11) is 0. The van der Waals surface area contributed by atoms with Crippen molar-refractivity contribution >= 4 is 11.8 Å². The number of carbonyl (C=O) groups is 2. The molecule has 2 bridgehead atoms. The maximum absolute atomic E-state index is 12.3. The monoisotopic (exact) mass is 347 g/mol. The number of nitrogens with one attached hydrogen (secondary N) is 1. The van der Waals surface area contributed by atoms with Gasteiger partial charge in [0, 0.05) is 51.6 Å². The van der Waals surface area contributed by atoms with Crippen molar-refractivity contribution in [1.29, 1.82) is 0 Å². The predicted molar refractivity (Wildman–Crippen MR) is 96.9 cm³/mol. The second-order valence-corrected chi connectivity index (χ2v) is 8.78. The third kappa shape index (κ3) is 4.02. The highest BCUT2D eigenvalue weighted by Crippen LogP contribution is 2.49. The molecular weight excluding hydrogens is 314 g/mol. The zero-order chi connectivity index (χ0) is 17.2. The Hall–Kier alpha value is -1.10. The highest BCUT2D eigenvalue weighted by atomic mass is 16.2. The van der Waals surface area contributed by atoms with Gasteiger partial charge in [0.05, 0.1) is 0 Å². The standard InChI is InChI=1S/C20H33N3O2/c24-19(14-18-13-15-4-5-17(18)12-15)21-6-7-22-8-10-23(11-9-22)20(25)16-2-1-3-16/h15-18H,1-14H2,(H,21,24)/t15-,17-,18+/m0/s1. The zero-order valence-electron chi connectivity index (χ0n) is 15.4. The molecule has 3 aliphatic carbocycles. The lowest BCUT2D eigenvalue weighted by molar-refractivity contribution is -0.139. The van der Waals surface area contributed by atoms with Crippen LogP contribution in [-0.4, -0.2) is 60.9 Å². The molecule has 4 aliphatic rings. The number of nitrogens with zero attached hydrogens (tertiary/aromatic N) is 2. The van der Waals surface area contributed by atoms with Crippen molar-refractivity contribution in [1.82, 2.24) is 15.1 Å². The lowest BCUT2D eigenvalue weighted by Crippen LogP contribution is -2.52. The van der Waals surface area contributed by atoms with Gasteiger partial charge in [-0.05, 0) is 49.9 Å². The van der Waals surface area contributed by atoms with Crippen molar-refractivity contribution in [3.63, 3.8) is 0 Å². The van der Waals surface area contributed by atoms with Crippen molar-refractivity contribution in [3.8, 4) is 0 Å². The van der Waals surface area contributed by atoms with Crippen molar-refractivity contribution in [3.05, 3.63) is 0 Å². The lowest BCUT2D eigenvalue weighted by atomic mass is 9.84. The number of piperazine rings is 1. The van der Waals surface area contributed by atoms with Crippen LogP contribution in [0.4, 0.5) is 0 Å². The molecule has 25 heavy (non-hydrogen) atoms. The van der Waals surface area contributed by atoms with Gasteiger partial charge in [-0.25, -0.2) is 0 Å². The van der Waals surface area contributed by atoms with Crippen molar-refractivity contribution in [2.45, 2.75) is 51.4 Å². The molecule has 5 heteroatoms. The first kappa shape index (κ1) is 17.3. The van der Waals surface area contributed by atoms with E-state index in [4.69, 9.17) is 0 Å². The number of hydrogen-bond acceptors (Lipinski definition) is 3. The molecule has 3 saturated carbocycles. The summed E-state index contributed by atoms with van der Waals surface area (Å²) < 4.78 is 0. The number of hydrogen-bond donors (Lipinski definition) is 1. The maximum Gasteiger partial charge on any atom is 0.225 e. The summed E-state index contributed by atoms with van der Waals surface area (Å²) in [5, 5.41) is 3.13. The third-order valence-corrected chi connectivity index (χ3v) is 7.22. The summed E-state index contributed by atoms with van der Waals surface area (Å²) in [4.78, 5) is 28.9. The highest BCUT2D eigenvalue weighted by molar-refractivity contribution is 5.79. The Labute approximate surface area is 151 Å². The molecule has 0 spiro atoms. The van der Waals surface area contributed by atoms with Crippen LogP contribution in [0.1, 0.15) is 51.4 Å². The van der Waals surface area contributed by atoms with Gasteiger partial charge in [-0.1, -0.05) is 12.8 Å². The summed E-state index contributed by atoms with van der Waals surface area (Å²) in [6.07, 6.45) is 9.56. The molecule has 5 nitrogen and oxygen atoms in total. The molecule has 1 aliphatic heterocycles. The van der Waals surface area contributed by atoms with Crippen LogP contribution in [-0.2, 0) is 9.59 Å². The minimum atomic E-state index is 0.247. The second kappa shape index (κ2) is 7.65. The van der Waals surface area contributed by atoms with E-state index in [9.17, 15) is 9.59 Å². The Morgan fingerprint density at radius 3 is 2.36 bits per heavy atom. The molecule has 4 fully saturated rings. The zero-order valence-corrected chi connectivity index (χ0v) is 15.4. The van der Waals surface area contributed by atoms with Gasteiger partial charge < -0.3 is 10.2 Å². The van der Waals surface area contributed by atoms with Crippen molar-refractivity contribution in [2.75, 3.05) is 39.3 Å². The van der Waals surface area contributed by atoms with Gasteiger partial charge in [-0.3, -0.25) is 14.5 Å². The fraction of sp³-hybridized carbons (Fsp3) is 0.900. The summed E-state index contributed by atoms with van der Waals surface area (Å²) in [6.45, 7) is 5.26. The fourth-order valence-electron chi connectivity index (χ4n) is 5.40. The van der Waals surface area contributed by atoms with Gasteiger partial charge >= 0.3 is 0 Å². The fourth-order valence-corrected chi connectivity index (χ4v) is 5.40. The predicted octanol–water partition coefficient (Wildman–Crippen LogP) is 1.87. The molecule has 2 amide bonds. The molecule has 1 N–H and O–H groups in total. The topological polar surface area (TPSA) is 52.7 Å². The molecule has 0 aromatic heterocycles. The highest BCUT2D eigenvalue weighted by Gasteiger charge is 2.40. The van der Waals surface area contributed by atoms with Gasteiger partial charge in [-0.15, -0.1) is 0 Å². The third-order valence-electron chi connectivity index (χ3n) is 7.22. The minimum Gasteiger partial charge on any atom is -0.355 e. The SMILES string of the molecule is O=C(C[C@H]1C[C@H]2CC[C@H]1C2)NCCN1CCN(C(=O)C2CCC2)CC1. The largest absolute Gasteiger partial charge is 0.355 e. The Balaban J connectivity index is 1.09. The summed E-state index contributed by atoms with van der Waals surface area (Å²) >= 11 is 0. The molecule has 0 aromatic carbocycles. The van der Waals surface area contributed by atoms with E-state index in [1.807, 2.05) is 4.90 Å². The number of rotatable bonds is 6. The van der Waals surface area contributed by atoms with Gasteiger partial charge in [0.2, 0.25) is 11.8 Å². The smallest absolute Gasteiger partial charge is 0.225 e. The van der Waals surface area contributed by atoms with Crippen LogP contribution < -0.4 is 5.32 Å². The first-order valence-corrected chi connectivity index (χ1v) is 10.5. The van der Waals surface area contributed by atoms with Crippen LogP contribution >= 0.6 is 0 Å². The normalized spacial score (nSPS) is 32.6. The Morgan fingerprint density at radius 1 is 0.960 bits per heavy atom. The van der Waals surface area contributed by atoms with Crippen LogP contribution in [0.2, 0.25) is 0 Å². The molecule has 0 radical (unpaired) electrons. The number of carbonyl (C=O) groups excluding carboxylic acids is 2.